The summed E-state index contributed by atoms with van der Waals surface area (Å²) in [6.07, 6.45) is 0.928. The van der Waals surface area contributed by atoms with E-state index in [1.807, 2.05) is 0 Å². The van der Waals surface area contributed by atoms with Crippen molar-refractivity contribution in [2.75, 3.05) is 0 Å². The van der Waals surface area contributed by atoms with Gasteiger partial charge in [0, 0.05) is 0 Å². The first-order chi connectivity index (χ1) is 10.7. The summed E-state index contributed by atoms with van der Waals surface area (Å²) in [5.74, 6) is -1.29. The number of nitrogens with one attached hydrogen (secondary N) is 1. The highest BCUT2D eigenvalue weighted by molar-refractivity contribution is 7.89. The minimum atomic E-state index is -4.08. The van der Waals surface area contributed by atoms with Crippen LogP contribution in [0.3, 0.4) is 0 Å². The quantitative estimate of drug-likeness (QED) is 0.844. The van der Waals surface area contributed by atoms with Crippen LogP contribution in [0.25, 0.3) is 0 Å². The molecule has 9 heteroatoms. The highest BCUT2D eigenvalue weighted by atomic mass is 32.2. The van der Waals surface area contributed by atoms with E-state index in [1.54, 1.807) is 12.1 Å². The summed E-state index contributed by atoms with van der Waals surface area (Å²) in [6.45, 7) is 2.90. The Balaban J connectivity index is 2.45. The third kappa shape index (κ3) is 3.23. The van der Waals surface area contributed by atoms with E-state index in [0.717, 1.165) is 6.26 Å². The van der Waals surface area contributed by atoms with Crippen LogP contribution in [0, 0.1) is 11.3 Å². The molecular formula is C14H13N3O5S. The number of carboxylic acid groups (broad SMARTS) is 1. The standard InChI is InChI=1S/C14H13N3O5S/c1-14(2,12-10(13(18)19)8-22-16-12)17-23(20,21)11-6-4-3-5-9(11)7-15/h3-6,8,17H,1-2H3,(H,18,19). The van der Waals surface area contributed by atoms with Gasteiger partial charge in [0.15, 0.2) is 0 Å². The van der Waals surface area contributed by atoms with Crippen molar-refractivity contribution in [2.45, 2.75) is 24.3 Å². The van der Waals surface area contributed by atoms with E-state index in [-0.39, 0.29) is 21.7 Å². The lowest BCUT2D eigenvalue weighted by Crippen LogP contribution is -2.42. The predicted molar refractivity (Wildman–Crippen MR) is 78.0 cm³/mol. The minimum absolute atomic E-state index is 0.0191. The Bertz CT molecular complexity index is 893. The van der Waals surface area contributed by atoms with Crippen LogP contribution in [0.1, 0.15) is 35.5 Å². The van der Waals surface area contributed by atoms with Crippen LogP contribution in [-0.2, 0) is 15.6 Å². The first-order valence-electron chi connectivity index (χ1n) is 6.40. The Labute approximate surface area is 132 Å². The van der Waals surface area contributed by atoms with Crippen molar-refractivity contribution in [3.63, 3.8) is 0 Å². The maximum absolute atomic E-state index is 12.5. The van der Waals surface area contributed by atoms with Crippen LogP contribution in [-0.4, -0.2) is 24.7 Å². The van der Waals surface area contributed by atoms with Crippen LogP contribution in [0.2, 0.25) is 0 Å². The topological polar surface area (TPSA) is 133 Å². The molecule has 0 radical (unpaired) electrons. The van der Waals surface area contributed by atoms with Crippen LogP contribution in [0.15, 0.2) is 39.9 Å². The molecule has 8 nitrogen and oxygen atoms in total. The zero-order valence-electron chi connectivity index (χ0n) is 12.3. The van der Waals surface area contributed by atoms with Crippen molar-refractivity contribution in [1.29, 1.82) is 5.26 Å². The van der Waals surface area contributed by atoms with E-state index in [0.29, 0.717) is 0 Å². The van der Waals surface area contributed by atoms with Gasteiger partial charge in [-0.1, -0.05) is 17.3 Å². The molecule has 1 aromatic heterocycles. The molecule has 2 aromatic rings. The maximum atomic E-state index is 12.5. The fourth-order valence-electron chi connectivity index (χ4n) is 2.07. The second-order valence-electron chi connectivity index (χ2n) is 5.22. The van der Waals surface area contributed by atoms with Gasteiger partial charge in [0.1, 0.15) is 23.6 Å². The van der Waals surface area contributed by atoms with Crippen molar-refractivity contribution >= 4 is 16.0 Å². The molecule has 0 fully saturated rings. The summed E-state index contributed by atoms with van der Waals surface area (Å²) in [6, 6.07) is 7.50. The van der Waals surface area contributed by atoms with Gasteiger partial charge in [-0.05, 0) is 26.0 Å². The first-order valence-corrected chi connectivity index (χ1v) is 7.88. The molecule has 2 rings (SSSR count). The molecule has 0 atom stereocenters. The second kappa shape index (κ2) is 5.83. The summed E-state index contributed by atoms with van der Waals surface area (Å²) in [5, 5.41) is 21.7. The monoisotopic (exact) mass is 335 g/mol. The highest BCUT2D eigenvalue weighted by Gasteiger charge is 2.35. The highest BCUT2D eigenvalue weighted by Crippen LogP contribution is 2.26. The van der Waals surface area contributed by atoms with Gasteiger partial charge in [0.2, 0.25) is 10.0 Å². The summed E-state index contributed by atoms with van der Waals surface area (Å²) in [5.41, 5.74) is -1.69. The van der Waals surface area contributed by atoms with Crippen molar-refractivity contribution in [1.82, 2.24) is 9.88 Å². The fraction of sp³-hybridized carbons (Fsp3) is 0.214. The van der Waals surface area contributed by atoms with E-state index in [9.17, 15) is 13.2 Å². The number of sulfonamides is 1. The third-order valence-electron chi connectivity index (χ3n) is 3.08. The number of nitriles is 1. The lowest BCUT2D eigenvalue weighted by molar-refractivity contribution is 0.0693. The lowest BCUT2D eigenvalue weighted by Gasteiger charge is -2.24. The van der Waals surface area contributed by atoms with E-state index in [2.05, 4.69) is 14.4 Å². The molecule has 0 aliphatic heterocycles. The maximum Gasteiger partial charge on any atom is 0.341 e. The first kappa shape index (κ1) is 16.7. The summed E-state index contributed by atoms with van der Waals surface area (Å²) in [7, 11) is -4.08. The number of carbonyl (C=O) groups is 1. The van der Waals surface area contributed by atoms with E-state index in [1.165, 1.54) is 32.0 Å². The van der Waals surface area contributed by atoms with Gasteiger partial charge in [-0.2, -0.15) is 9.98 Å². The molecule has 0 aliphatic carbocycles. The molecule has 120 valence electrons. The molecule has 2 N–H and O–H groups in total. The molecule has 1 aromatic carbocycles. The molecule has 1 heterocycles. The normalized spacial score (nSPS) is 11.9. The van der Waals surface area contributed by atoms with Gasteiger partial charge in [-0.15, -0.1) is 0 Å². The van der Waals surface area contributed by atoms with Gasteiger partial charge >= 0.3 is 5.97 Å². The predicted octanol–water partition coefficient (Wildman–Crippen LogP) is 1.46. The average Bonchev–Trinajstić information content (AvgIpc) is 2.96. The summed E-state index contributed by atoms with van der Waals surface area (Å²) >= 11 is 0. The molecule has 23 heavy (non-hydrogen) atoms. The Kier molecular flexibility index (Phi) is 4.22. The van der Waals surface area contributed by atoms with Gasteiger partial charge in [-0.3, -0.25) is 0 Å². The van der Waals surface area contributed by atoms with E-state index < -0.39 is 21.5 Å². The largest absolute Gasteiger partial charge is 0.478 e. The van der Waals surface area contributed by atoms with E-state index in [4.69, 9.17) is 10.4 Å². The van der Waals surface area contributed by atoms with Gasteiger partial charge in [0.25, 0.3) is 0 Å². The smallest absolute Gasteiger partial charge is 0.341 e. The Morgan fingerprint density at radius 1 is 1.39 bits per heavy atom. The third-order valence-corrected chi connectivity index (χ3v) is 4.79. The van der Waals surface area contributed by atoms with Crippen molar-refractivity contribution in [3.8, 4) is 6.07 Å². The number of rotatable bonds is 5. The molecule has 0 spiro atoms. The zero-order chi connectivity index (χ0) is 17.3. The number of aromatic nitrogens is 1. The number of hydrogen-bond acceptors (Lipinski definition) is 6. The van der Waals surface area contributed by atoms with Crippen LogP contribution >= 0.6 is 0 Å². The van der Waals surface area contributed by atoms with Crippen LogP contribution in [0.5, 0.6) is 0 Å². The van der Waals surface area contributed by atoms with Gasteiger partial charge in [-0.25, -0.2) is 13.2 Å². The number of aromatic carboxylic acids is 1. The minimum Gasteiger partial charge on any atom is -0.478 e. The lowest BCUT2D eigenvalue weighted by atomic mass is 9.99. The molecule has 0 saturated heterocycles. The summed E-state index contributed by atoms with van der Waals surface area (Å²) < 4.78 is 32.1. The fourth-order valence-corrected chi connectivity index (χ4v) is 3.61. The average molecular weight is 335 g/mol. The van der Waals surface area contributed by atoms with Crippen LogP contribution < -0.4 is 4.72 Å². The second-order valence-corrected chi connectivity index (χ2v) is 6.87. The number of hydrogen-bond donors (Lipinski definition) is 2. The number of carboxylic acids is 1. The van der Waals surface area contributed by atoms with Crippen molar-refractivity contribution < 1.29 is 22.8 Å². The molecule has 0 unspecified atom stereocenters. The molecule has 0 aliphatic rings. The van der Waals surface area contributed by atoms with E-state index >= 15 is 0 Å². The number of benzene rings is 1. The SMILES string of the molecule is CC(C)(NS(=O)(=O)c1ccccc1C#N)c1nocc1C(=O)O. The Hall–Kier alpha value is -2.70. The zero-order valence-corrected chi connectivity index (χ0v) is 13.1. The molecular weight excluding hydrogens is 322 g/mol. The van der Waals surface area contributed by atoms with Gasteiger partial charge < -0.3 is 9.63 Å². The Morgan fingerprint density at radius 2 is 2.04 bits per heavy atom. The molecule has 0 saturated carbocycles. The Morgan fingerprint density at radius 3 is 2.65 bits per heavy atom. The molecule has 0 amide bonds. The van der Waals surface area contributed by atoms with Crippen molar-refractivity contribution in [3.05, 3.63) is 47.3 Å². The van der Waals surface area contributed by atoms with Crippen molar-refractivity contribution in [2.24, 2.45) is 0 Å². The molecule has 0 bridgehead atoms. The number of nitrogens with zero attached hydrogens (tertiary/aromatic N) is 2. The van der Waals surface area contributed by atoms with Gasteiger partial charge in [0.05, 0.1) is 16.0 Å². The summed E-state index contributed by atoms with van der Waals surface area (Å²) in [4.78, 5) is 10.9. The van der Waals surface area contributed by atoms with Crippen LogP contribution in [0.4, 0.5) is 0 Å².